The van der Waals surface area contributed by atoms with E-state index in [1.807, 2.05) is 6.66 Å². The average Bonchev–Trinajstić information content (AvgIpc) is 1.99. The lowest BCUT2D eigenvalue weighted by Crippen LogP contribution is -1.75. The highest BCUT2D eigenvalue weighted by Gasteiger charge is 2.08. The van der Waals surface area contributed by atoms with Gasteiger partial charge in [0.1, 0.15) is 8.52 Å². The Kier molecular flexibility index (Phi) is 8.90. The van der Waals surface area contributed by atoms with Crippen LogP contribution in [-0.2, 0) is 0 Å². The van der Waals surface area contributed by atoms with Crippen LogP contribution in [0.5, 0.6) is 0 Å². The molecule has 0 aliphatic carbocycles. The molecule has 0 saturated heterocycles. The van der Waals surface area contributed by atoms with Gasteiger partial charge in [0, 0.05) is 8.07 Å². The van der Waals surface area contributed by atoms with E-state index in [9.17, 15) is 0 Å². The number of halogens is 4. The molecule has 0 aromatic carbocycles. The van der Waals surface area contributed by atoms with E-state index < -0.39 is 14.9 Å². The van der Waals surface area contributed by atoms with Crippen LogP contribution < -0.4 is 0 Å². The van der Waals surface area contributed by atoms with E-state index in [4.69, 9.17) is 45.9 Å². The van der Waals surface area contributed by atoms with Crippen molar-refractivity contribution in [1.82, 2.24) is 3.96 Å². The highest BCUT2D eigenvalue weighted by Crippen LogP contribution is 2.57. The lowest BCUT2D eigenvalue weighted by Gasteiger charge is -2.05. The van der Waals surface area contributed by atoms with Gasteiger partial charge in [-0.3, -0.25) is 0 Å². The van der Waals surface area contributed by atoms with Gasteiger partial charge in [0.05, 0.1) is 5.62 Å². The van der Waals surface area contributed by atoms with Crippen LogP contribution in [0.15, 0.2) is 4.52 Å². The van der Waals surface area contributed by atoms with Gasteiger partial charge in [-0.1, -0.05) is 22.5 Å². The van der Waals surface area contributed by atoms with Gasteiger partial charge < -0.3 is 0 Å². The van der Waals surface area contributed by atoms with Crippen LogP contribution in [0.4, 0.5) is 0 Å². The van der Waals surface area contributed by atoms with Gasteiger partial charge in [-0.25, -0.2) is 4.52 Å². The van der Waals surface area contributed by atoms with E-state index in [0.29, 0.717) is 14.1 Å². The van der Waals surface area contributed by atoms with Crippen molar-refractivity contribution in [3.63, 3.8) is 0 Å². The van der Waals surface area contributed by atoms with E-state index in [0.717, 1.165) is 0 Å². The molecule has 0 saturated carbocycles. The molecule has 0 radical (unpaired) electrons. The number of alkyl halides is 1. The van der Waals surface area contributed by atoms with E-state index >= 15 is 0 Å². The van der Waals surface area contributed by atoms with Crippen LogP contribution in [0.1, 0.15) is 0 Å². The first kappa shape index (κ1) is 13.1. The fourth-order valence-electron chi connectivity index (χ4n) is 0.155. The maximum Gasteiger partial charge on any atom is 0.183 e. The summed E-state index contributed by atoms with van der Waals surface area (Å²) >= 11 is 22.1. The molecule has 0 rings (SSSR count). The Morgan fingerprint density at radius 3 is 2.45 bits per heavy atom. The highest BCUT2D eigenvalue weighted by molar-refractivity contribution is 8.05. The summed E-state index contributed by atoms with van der Waals surface area (Å²) in [6, 6.07) is 0. The molecule has 0 aliphatic heterocycles. The molecular weight excluding hydrogens is 287 g/mol. The maximum atomic E-state index is 5.58. The monoisotopic (exact) mass is 290 g/mol. The van der Waals surface area contributed by atoms with E-state index in [-0.39, 0.29) is 0 Å². The van der Waals surface area contributed by atoms with Crippen molar-refractivity contribution in [2.45, 2.75) is 0 Å². The Hall–Kier alpha value is 2.08. The number of hydrogen-bond donors (Lipinski definition) is 0. The molecule has 0 spiro atoms. The van der Waals surface area contributed by atoms with Crippen molar-refractivity contribution in [3.05, 3.63) is 0 Å². The summed E-state index contributed by atoms with van der Waals surface area (Å²) < 4.78 is 5.35. The van der Waals surface area contributed by atoms with Gasteiger partial charge in [0.25, 0.3) is 0 Å². The van der Waals surface area contributed by atoms with Gasteiger partial charge in [-0.15, -0.1) is 15.6 Å². The molecule has 11 heavy (non-hydrogen) atoms. The SMILES string of the molecule is CP(CCl)N=PN(Cl)P(Cl)Cl. The van der Waals surface area contributed by atoms with Crippen molar-refractivity contribution < 1.29 is 0 Å². The number of nitrogens with zero attached hydrogens (tertiary/aromatic N) is 2. The van der Waals surface area contributed by atoms with Crippen LogP contribution in [0.25, 0.3) is 0 Å². The quantitative estimate of drug-likeness (QED) is 0.384. The largest absolute Gasteiger partial charge is 0.227 e. The molecule has 0 fully saturated rings. The molecule has 0 bridgehead atoms. The first-order chi connectivity index (χ1) is 5.07. The van der Waals surface area contributed by atoms with Crippen molar-refractivity contribution >= 4 is 69.2 Å². The lowest BCUT2D eigenvalue weighted by molar-refractivity contribution is 1.24. The summed E-state index contributed by atoms with van der Waals surface area (Å²) in [7, 11) is 0.0878. The van der Waals surface area contributed by atoms with Crippen LogP contribution >= 0.6 is 69.2 Å². The van der Waals surface area contributed by atoms with Gasteiger partial charge in [0.2, 0.25) is 0 Å². The molecule has 0 aromatic rings. The number of hydrogen-bond acceptors (Lipinski definition) is 1. The van der Waals surface area contributed by atoms with Crippen molar-refractivity contribution in [2.75, 3.05) is 12.3 Å². The van der Waals surface area contributed by atoms with Crippen LogP contribution in [0, 0.1) is 0 Å². The first-order valence-electron chi connectivity index (χ1n) is 2.34. The van der Waals surface area contributed by atoms with Gasteiger partial charge in [-0.2, -0.15) is 0 Å². The van der Waals surface area contributed by atoms with Crippen molar-refractivity contribution in [2.24, 2.45) is 4.52 Å². The van der Waals surface area contributed by atoms with Gasteiger partial charge in [-0.05, 0) is 18.4 Å². The maximum absolute atomic E-state index is 5.58. The third-order valence-electron chi connectivity index (χ3n) is 0.564. The molecule has 0 aromatic heterocycles. The zero-order valence-corrected chi connectivity index (χ0v) is 11.2. The Balaban J connectivity index is 3.72. The van der Waals surface area contributed by atoms with Crippen LogP contribution in [0.2, 0.25) is 0 Å². The predicted molar refractivity (Wildman–Crippen MR) is 59.2 cm³/mol. The normalized spacial score (nSPS) is 15.2. The highest BCUT2D eigenvalue weighted by atomic mass is 35.9. The molecule has 9 heteroatoms. The van der Waals surface area contributed by atoms with Gasteiger partial charge >= 0.3 is 0 Å². The summed E-state index contributed by atoms with van der Waals surface area (Å²) in [6.07, 6.45) is 0. The summed E-state index contributed by atoms with van der Waals surface area (Å²) in [5, 5.41) is 0. The third-order valence-corrected chi connectivity index (χ3v) is 7.32. The van der Waals surface area contributed by atoms with Gasteiger partial charge in [0.15, 0.2) is 6.78 Å². The molecule has 0 N–H and O–H groups in total. The second kappa shape index (κ2) is 7.48. The number of rotatable bonds is 4. The minimum Gasteiger partial charge on any atom is -0.227 e. The second-order valence-corrected chi connectivity index (χ2v) is 9.37. The van der Waals surface area contributed by atoms with Crippen molar-refractivity contribution in [3.8, 4) is 0 Å². The Labute approximate surface area is 89.8 Å². The average molecular weight is 292 g/mol. The topological polar surface area (TPSA) is 15.6 Å². The molecule has 0 amide bonds. The fraction of sp³-hybridized carbons (Fsp3) is 1.00. The zero-order valence-electron chi connectivity index (χ0n) is 5.46. The zero-order chi connectivity index (χ0) is 8.85. The Morgan fingerprint density at radius 1 is 1.55 bits per heavy atom. The van der Waals surface area contributed by atoms with E-state index in [1.54, 1.807) is 0 Å². The summed E-state index contributed by atoms with van der Waals surface area (Å²) in [5.74, 6) is 0. The molecule has 0 heterocycles. The molecule has 2 nitrogen and oxygen atoms in total. The first-order valence-corrected chi connectivity index (χ1v) is 9.04. The third kappa shape index (κ3) is 7.17. The summed E-state index contributed by atoms with van der Waals surface area (Å²) in [6.45, 7) is 0.656. The molecule has 1 unspecified atom stereocenters. The smallest absolute Gasteiger partial charge is 0.183 e. The van der Waals surface area contributed by atoms with Crippen molar-refractivity contribution in [1.29, 1.82) is 0 Å². The van der Waals surface area contributed by atoms with E-state index in [2.05, 4.69) is 4.52 Å². The predicted octanol–water partition coefficient (Wildman–Crippen LogP) is 5.41. The standard InChI is InChI=1S/C2H5Cl4N2P3/c1-10(2-3)7-9-8(4)11(5)6/h2H2,1H3. The van der Waals surface area contributed by atoms with Crippen LogP contribution in [-0.4, -0.2) is 16.2 Å². The molecule has 66 valence electrons. The minimum atomic E-state index is -1.29. The van der Waals surface area contributed by atoms with E-state index in [1.165, 1.54) is 3.96 Å². The Bertz CT molecular complexity index is 133. The minimum absolute atomic E-state index is 0.491. The fourth-order valence-corrected chi connectivity index (χ4v) is 2.97. The lowest BCUT2D eigenvalue weighted by atomic mass is 11.9. The second-order valence-electron chi connectivity index (χ2n) is 1.41. The van der Waals surface area contributed by atoms with Crippen LogP contribution in [0.3, 0.4) is 0 Å². The Morgan fingerprint density at radius 2 is 2.09 bits per heavy atom. The summed E-state index contributed by atoms with van der Waals surface area (Å²) in [4.78, 5) is 0. The summed E-state index contributed by atoms with van der Waals surface area (Å²) in [5.41, 5.74) is 0.537. The molecule has 1 atom stereocenters. The molecule has 0 aliphatic rings. The molecular formula is C2H5Cl4N2P3.